The molecule has 0 amide bonds. The molecular formula is C10H11F2N. The molecule has 2 atom stereocenters. The largest absolute Gasteiger partial charge is 0.321 e. The first kappa shape index (κ1) is 8.63. The third-order valence-electron chi connectivity index (χ3n) is 2.79. The summed E-state index contributed by atoms with van der Waals surface area (Å²) in [5.74, 6) is -0.905. The van der Waals surface area contributed by atoms with Crippen LogP contribution in [0, 0.1) is 17.6 Å². The highest BCUT2D eigenvalue weighted by atomic mass is 19.1. The number of halogens is 2. The Morgan fingerprint density at radius 3 is 2.23 bits per heavy atom. The van der Waals surface area contributed by atoms with Crippen LogP contribution < -0.4 is 5.73 Å². The van der Waals surface area contributed by atoms with Crippen molar-refractivity contribution < 1.29 is 8.78 Å². The highest BCUT2D eigenvalue weighted by Crippen LogP contribution is 2.50. The van der Waals surface area contributed by atoms with E-state index in [-0.39, 0.29) is 11.5 Å². The van der Waals surface area contributed by atoms with E-state index in [0.29, 0.717) is 6.42 Å². The van der Waals surface area contributed by atoms with Gasteiger partial charge in [0.2, 0.25) is 0 Å². The summed E-state index contributed by atoms with van der Waals surface area (Å²) in [6, 6.07) is 3.85. The highest BCUT2D eigenvalue weighted by Gasteiger charge is 2.51. The molecule has 70 valence electrons. The van der Waals surface area contributed by atoms with Gasteiger partial charge in [0, 0.05) is 11.1 Å². The Morgan fingerprint density at radius 1 is 1.38 bits per heavy atom. The summed E-state index contributed by atoms with van der Waals surface area (Å²) < 4.78 is 26.5. The van der Waals surface area contributed by atoms with Crippen LogP contribution >= 0.6 is 0 Å². The van der Waals surface area contributed by atoms with E-state index in [9.17, 15) is 8.78 Å². The topological polar surface area (TPSA) is 26.0 Å². The summed E-state index contributed by atoms with van der Waals surface area (Å²) in [5, 5.41) is 0. The molecule has 1 aliphatic carbocycles. The van der Waals surface area contributed by atoms with Crippen LogP contribution in [-0.2, 0) is 5.54 Å². The van der Waals surface area contributed by atoms with Crippen molar-refractivity contribution in [2.75, 3.05) is 0 Å². The molecule has 13 heavy (non-hydrogen) atoms. The molecule has 1 nitrogen and oxygen atoms in total. The smallest absolute Gasteiger partial charge is 0.131 e. The fourth-order valence-electron chi connectivity index (χ4n) is 1.74. The van der Waals surface area contributed by atoms with Crippen LogP contribution in [0.25, 0.3) is 0 Å². The van der Waals surface area contributed by atoms with Gasteiger partial charge in [-0.25, -0.2) is 8.78 Å². The van der Waals surface area contributed by atoms with E-state index in [1.54, 1.807) is 0 Å². The molecular weight excluding hydrogens is 172 g/mol. The molecule has 1 saturated carbocycles. The van der Waals surface area contributed by atoms with Crippen LogP contribution in [0.5, 0.6) is 0 Å². The summed E-state index contributed by atoms with van der Waals surface area (Å²) >= 11 is 0. The van der Waals surface area contributed by atoms with Gasteiger partial charge in [-0.1, -0.05) is 13.0 Å². The summed E-state index contributed by atoms with van der Waals surface area (Å²) in [6.45, 7) is 1.89. The molecule has 0 aromatic heterocycles. The predicted molar refractivity (Wildman–Crippen MR) is 46.0 cm³/mol. The van der Waals surface area contributed by atoms with Gasteiger partial charge in [-0.3, -0.25) is 0 Å². The van der Waals surface area contributed by atoms with E-state index in [4.69, 9.17) is 5.73 Å². The van der Waals surface area contributed by atoms with Gasteiger partial charge in [-0.15, -0.1) is 0 Å². The molecule has 2 unspecified atom stereocenters. The minimum Gasteiger partial charge on any atom is -0.321 e. The van der Waals surface area contributed by atoms with Crippen molar-refractivity contribution in [2.24, 2.45) is 11.7 Å². The normalized spacial score (nSPS) is 31.8. The number of hydrogen-bond donors (Lipinski definition) is 1. The molecule has 0 bridgehead atoms. The van der Waals surface area contributed by atoms with E-state index in [0.717, 1.165) is 0 Å². The van der Waals surface area contributed by atoms with Crippen molar-refractivity contribution in [3.63, 3.8) is 0 Å². The maximum Gasteiger partial charge on any atom is 0.131 e. The van der Waals surface area contributed by atoms with E-state index in [1.165, 1.54) is 18.2 Å². The van der Waals surface area contributed by atoms with Crippen LogP contribution in [0.1, 0.15) is 18.9 Å². The first-order chi connectivity index (χ1) is 6.05. The summed E-state index contributed by atoms with van der Waals surface area (Å²) in [7, 11) is 0. The van der Waals surface area contributed by atoms with Crippen LogP contribution in [0.2, 0.25) is 0 Å². The summed E-state index contributed by atoms with van der Waals surface area (Å²) in [5.41, 5.74) is 5.11. The zero-order valence-electron chi connectivity index (χ0n) is 7.35. The molecule has 1 aromatic carbocycles. The Balaban J connectivity index is 2.52. The minimum atomic E-state index is -0.768. The van der Waals surface area contributed by atoms with Crippen molar-refractivity contribution in [3.8, 4) is 0 Å². The van der Waals surface area contributed by atoms with Crippen LogP contribution in [0.15, 0.2) is 18.2 Å². The number of nitrogens with two attached hydrogens (primary N) is 1. The molecule has 2 N–H and O–H groups in total. The summed E-state index contributed by atoms with van der Waals surface area (Å²) in [6.07, 6.45) is 0.658. The minimum absolute atomic E-state index is 0.0440. The van der Waals surface area contributed by atoms with E-state index in [1.807, 2.05) is 6.92 Å². The Bertz CT molecular complexity index is 331. The lowest BCUT2D eigenvalue weighted by atomic mass is 10.0. The van der Waals surface area contributed by atoms with Crippen molar-refractivity contribution in [1.82, 2.24) is 0 Å². The van der Waals surface area contributed by atoms with Gasteiger partial charge in [-0.05, 0) is 24.5 Å². The third-order valence-corrected chi connectivity index (χ3v) is 2.79. The monoisotopic (exact) mass is 183 g/mol. The Kier molecular flexibility index (Phi) is 1.67. The molecule has 0 radical (unpaired) electrons. The van der Waals surface area contributed by atoms with Crippen molar-refractivity contribution in [1.29, 1.82) is 0 Å². The lowest BCUT2D eigenvalue weighted by molar-refractivity contribution is 0.506. The molecule has 1 aromatic rings. The molecule has 0 spiro atoms. The van der Waals surface area contributed by atoms with E-state index in [2.05, 4.69) is 0 Å². The molecule has 0 saturated heterocycles. The Labute approximate surface area is 75.6 Å². The second-order valence-electron chi connectivity index (χ2n) is 3.74. The van der Waals surface area contributed by atoms with Gasteiger partial charge < -0.3 is 5.73 Å². The average Bonchev–Trinajstić information content (AvgIpc) is 2.59. The molecule has 3 heteroatoms. The second-order valence-corrected chi connectivity index (χ2v) is 3.74. The molecule has 0 heterocycles. The van der Waals surface area contributed by atoms with Gasteiger partial charge in [0.25, 0.3) is 0 Å². The molecule has 1 aliphatic rings. The van der Waals surface area contributed by atoms with Crippen LogP contribution in [0.4, 0.5) is 8.78 Å². The zero-order valence-corrected chi connectivity index (χ0v) is 7.35. The first-order valence-electron chi connectivity index (χ1n) is 4.29. The fraction of sp³-hybridized carbons (Fsp3) is 0.400. The van der Waals surface area contributed by atoms with E-state index >= 15 is 0 Å². The van der Waals surface area contributed by atoms with Crippen LogP contribution in [-0.4, -0.2) is 0 Å². The van der Waals surface area contributed by atoms with Gasteiger partial charge in [0.05, 0.1) is 0 Å². The van der Waals surface area contributed by atoms with Crippen LogP contribution in [0.3, 0.4) is 0 Å². The Morgan fingerprint density at radius 2 is 1.85 bits per heavy atom. The average molecular weight is 183 g/mol. The third kappa shape index (κ3) is 1.15. The maximum absolute atomic E-state index is 13.2. The quantitative estimate of drug-likeness (QED) is 0.709. The molecule has 0 aliphatic heterocycles. The van der Waals surface area contributed by atoms with Crippen molar-refractivity contribution >= 4 is 0 Å². The lowest BCUT2D eigenvalue weighted by Crippen LogP contribution is -2.24. The highest BCUT2D eigenvalue weighted by molar-refractivity contribution is 5.33. The Hall–Kier alpha value is -0.960. The zero-order chi connectivity index (χ0) is 9.64. The van der Waals surface area contributed by atoms with Gasteiger partial charge >= 0.3 is 0 Å². The molecule has 2 rings (SSSR count). The fourth-order valence-corrected chi connectivity index (χ4v) is 1.74. The lowest BCUT2D eigenvalue weighted by Gasteiger charge is -2.12. The predicted octanol–water partition coefficient (Wildman–Crippen LogP) is 2.16. The van der Waals surface area contributed by atoms with E-state index < -0.39 is 17.2 Å². The first-order valence-corrected chi connectivity index (χ1v) is 4.29. The number of benzene rings is 1. The van der Waals surface area contributed by atoms with Crippen molar-refractivity contribution in [2.45, 2.75) is 18.9 Å². The summed E-state index contributed by atoms with van der Waals surface area (Å²) in [4.78, 5) is 0. The number of hydrogen-bond acceptors (Lipinski definition) is 1. The van der Waals surface area contributed by atoms with Gasteiger partial charge in [-0.2, -0.15) is 0 Å². The number of rotatable bonds is 1. The van der Waals surface area contributed by atoms with Gasteiger partial charge in [0.1, 0.15) is 11.6 Å². The second kappa shape index (κ2) is 2.51. The van der Waals surface area contributed by atoms with Crippen molar-refractivity contribution in [3.05, 3.63) is 35.4 Å². The van der Waals surface area contributed by atoms with Gasteiger partial charge in [0.15, 0.2) is 0 Å². The molecule has 1 fully saturated rings. The maximum atomic E-state index is 13.2. The standard InChI is InChI=1S/C10H11F2N/c1-6-5-10(6,13)9-7(11)3-2-4-8(9)12/h2-4,6H,5,13H2,1H3. The SMILES string of the molecule is CC1CC1(N)c1c(F)cccc1F.